The summed E-state index contributed by atoms with van der Waals surface area (Å²) in [5.41, 5.74) is 1.78. The first-order valence-corrected chi connectivity index (χ1v) is 10.1. The van der Waals surface area contributed by atoms with Gasteiger partial charge in [-0.05, 0) is 42.7 Å². The van der Waals surface area contributed by atoms with Crippen molar-refractivity contribution in [3.8, 4) is 0 Å². The molecule has 5 nitrogen and oxygen atoms in total. The zero-order valence-corrected chi connectivity index (χ0v) is 15.3. The highest BCUT2D eigenvalue weighted by atomic mass is 32.2. The zero-order valence-electron chi connectivity index (χ0n) is 14.5. The van der Waals surface area contributed by atoms with Crippen LogP contribution >= 0.6 is 0 Å². The SMILES string of the molecule is CCCCCCc1ccc2c(c1)C(=O)c1cc(S(=O)(=O)O)ccc1C2=O. The summed E-state index contributed by atoms with van der Waals surface area (Å²) in [6.07, 6.45) is 5.25. The van der Waals surface area contributed by atoms with Gasteiger partial charge in [0, 0.05) is 22.3 Å². The lowest BCUT2D eigenvalue weighted by molar-refractivity contribution is 0.0978. The van der Waals surface area contributed by atoms with Crippen LogP contribution in [0.15, 0.2) is 41.3 Å². The molecule has 1 N–H and O–H groups in total. The third-order valence-corrected chi connectivity index (χ3v) is 5.52. The highest BCUT2D eigenvalue weighted by molar-refractivity contribution is 7.85. The van der Waals surface area contributed by atoms with Crippen molar-refractivity contribution in [3.63, 3.8) is 0 Å². The summed E-state index contributed by atoms with van der Waals surface area (Å²) in [5, 5.41) is 0. The van der Waals surface area contributed by atoms with Crippen LogP contribution in [-0.4, -0.2) is 24.5 Å². The molecule has 0 aliphatic heterocycles. The van der Waals surface area contributed by atoms with E-state index >= 15 is 0 Å². The molecule has 3 rings (SSSR count). The van der Waals surface area contributed by atoms with Crippen molar-refractivity contribution in [1.29, 1.82) is 0 Å². The Bertz CT molecular complexity index is 989. The highest BCUT2D eigenvalue weighted by Crippen LogP contribution is 2.30. The number of hydrogen-bond donors (Lipinski definition) is 1. The number of unbranched alkanes of at least 4 members (excludes halogenated alkanes) is 3. The third-order valence-electron chi connectivity index (χ3n) is 4.67. The van der Waals surface area contributed by atoms with E-state index in [1.165, 1.54) is 6.07 Å². The summed E-state index contributed by atoms with van der Waals surface area (Å²) in [6.45, 7) is 2.14. The maximum absolute atomic E-state index is 12.8. The Kier molecular flexibility index (Phi) is 5.07. The Morgan fingerprint density at radius 3 is 2.08 bits per heavy atom. The lowest BCUT2D eigenvalue weighted by Gasteiger charge is -2.18. The Morgan fingerprint density at radius 2 is 1.42 bits per heavy atom. The van der Waals surface area contributed by atoms with Crippen molar-refractivity contribution < 1.29 is 22.6 Å². The fraction of sp³-hybridized carbons (Fsp3) is 0.300. The molecule has 0 saturated carbocycles. The number of fused-ring (bicyclic) bond motifs is 2. The Morgan fingerprint density at radius 1 is 0.808 bits per heavy atom. The molecule has 0 fully saturated rings. The van der Waals surface area contributed by atoms with Crippen LogP contribution in [0.2, 0.25) is 0 Å². The molecule has 0 bridgehead atoms. The van der Waals surface area contributed by atoms with Gasteiger partial charge in [0.2, 0.25) is 0 Å². The minimum Gasteiger partial charge on any atom is -0.289 e. The van der Waals surface area contributed by atoms with E-state index in [1.807, 2.05) is 6.07 Å². The predicted octanol–water partition coefficient (Wildman–Crippen LogP) is 3.83. The van der Waals surface area contributed by atoms with Crippen LogP contribution < -0.4 is 0 Å². The zero-order chi connectivity index (χ0) is 18.9. The molecular formula is C20H20O5S. The molecule has 0 saturated heterocycles. The molecule has 6 heteroatoms. The van der Waals surface area contributed by atoms with E-state index in [2.05, 4.69) is 6.92 Å². The summed E-state index contributed by atoms with van der Waals surface area (Å²) >= 11 is 0. The Balaban J connectivity index is 1.97. The van der Waals surface area contributed by atoms with Crippen molar-refractivity contribution in [2.75, 3.05) is 0 Å². The van der Waals surface area contributed by atoms with Gasteiger partial charge in [0.1, 0.15) is 0 Å². The van der Waals surface area contributed by atoms with Gasteiger partial charge in [0.25, 0.3) is 10.1 Å². The summed E-state index contributed by atoms with van der Waals surface area (Å²) in [6, 6.07) is 8.75. The second kappa shape index (κ2) is 7.13. The van der Waals surface area contributed by atoms with Crippen molar-refractivity contribution >= 4 is 21.7 Å². The van der Waals surface area contributed by atoms with E-state index < -0.39 is 20.8 Å². The van der Waals surface area contributed by atoms with E-state index in [9.17, 15) is 22.6 Å². The first-order chi connectivity index (χ1) is 12.3. The van der Waals surface area contributed by atoms with E-state index in [0.29, 0.717) is 11.1 Å². The van der Waals surface area contributed by atoms with Gasteiger partial charge in [0.05, 0.1) is 4.90 Å². The van der Waals surface area contributed by atoms with Crippen LogP contribution in [0.25, 0.3) is 0 Å². The average molecular weight is 372 g/mol. The van der Waals surface area contributed by atoms with Crippen LogP contribution in [0.5, 0.6) is 0 Å². The summed E-state index contributed by atoms with van der Waals surface area (Å²) in [4.78, 5) is 25.1. The standard InChI is InChI=1S/C20H20O5S/c1-2-3-4-5-6-13-7-9-15-17(11-13)20(22)18-12-14(26(23,24)25)8-10-16(18)19(15)21/h7-12H,2-6H2,1H3,(H,23,24,25). The third kappa shape index (κ3) is 3.48. The van der Waals surface area contributed by atoms with Crippen LogP contribution in [-0.2, 0) is 16.5 Å². The lowest BCUT2D eigenvalue weighted by Crippen LogP contribution is -2.21. The molecule has 26 heavy (non-hydrogen) atoms. The molecule has 0 amide bonds. The molecule has 1 aliphatic carbocycles. The van der Waals surface area contributed by atoms with Crippen LogP contribution in [0.3, 0.4) is 0 Å². The van der Waals surface area contributed by atoms with Crippen molar-refractivity contribution in [2.45, 2.75) is 43.9 Å². The monoisotopic (exact) mass is 372 g/mol. The summed E-state index contributed by atoms with van der Waals surface area (Å²) in [7, 11) is -4.44. The van der Waals surface area contributed by atoms with Crippen molar-refractivity contribution in [2.24, 2.45) is 0 Å². The van der Waals surface area contributed by atoms with Gasteiger partial charge in [-0.3, -0.25) is 14.1 Å². The summed E-state index contributed by atoms with van der Waals surface area (Å²) < 4.78 is 31.9. The molecular weight excluding hydrogens is 352 g/mol. The van der Waals surface area contributed by atoms with Crippen LogP contribution in [0, 0.1) is 0 Å². The average Bonchev–Trinajstić information content (AvgIpc) is 2.62. The highest BCUT2D eigenvalue weighted by Gasteiger charge is 2.31. The molecule has 0 unspecified atom stereocenters. The smallest absolute Gasteiger partial charge is 0.289 e. The molecule has 2 aromatic carbocycles. The normalized spacial score (nSPS) is 13.5. The number of benzene rings is 2. The minimum atomic E-state index is -4.44. The number of aryl methyl sites for hydroxylation is 1. The van der Waals surface area contributed by atoms with Crippen LogP contribution in [0.4, 0.5) is 0 Å². The van der Waals surface area contributed by atoms with Gasteiger partial charge in [0.15, 0.2) is 11.6 Å². The second-order valence-corrected chi connectivity index (χ2v) is 7.95. The molecule has 0 radical (unpaired) electrons. The fourth-order valence-electron chi connectivity index (χ4n) is 3.25. The first kappa shape index (κ1) is 18.5. The van der Waals surface area contributed by atoms with Gasteiger partial charge in [-0.25, -0.2) is 0 Å². The maximum atomic E-state index is 12.8. The quantitative estimate of drug-likeness (QED) is 0.525. The molecule has 1 aliphatic rings. The van der Waals surface area contributed by atoms with Gasteiger partial charge in [-0.15, -0.1) is 0 Å². The molecule has 136 valence electrons. The number of hydrogen-bond acceptors (Lipinski definition) is 4. The lowest BCUT2D eigenvalue weighted by atomic mass is 9.83. The number of carbonyl (C=O) groups excluding carboxylic acids is 2. The van der Waals surface area contributed by atoms with Crippen molar-refractivity contribution in [1.82, 2.24) is 0 Å². The molecule has 0 spiro atoms. The molecule has 0 aromatic heterocycles. The number of carbonyl (C=O) groups is 2. The summed E-state index contributed by atoms with van der Waals surface area (Å²) in [5.74, 6) is -0.704. The van der Waals surface area contributed by atoms with E-state index in [-0.39, 0.29) is 16.9 Å². The second-order valence-electron chi connectivity index (χ2n) is 6.53. The maximum Gasteiger partial charge on any atom is 0.294 e. The topological polar surface area (TPSA) is 88.5 Å². The van der Waals surface area contributed by atoms with E-state index in [1.54, 1.807) is 12.1 Å². The van der Waals surface area contributed by atoms with Crippen LogP contribution in [0.1, 0.15) is 70.0 Å². The number of rotatable bonds is 6. The van der Waals surface area contributed by atoms with E-state index in [4.69, 9.17) is 0 Å². The molecule has 0 heterocycles. The minimum absolute atomic E-state index is 0.0146. The number of ketones is 2. The largest absolute Gasteiger partial charge is 0.294 e. The predicted molar refractivity (Wildman–Crippen MR) is 97.4 cm³/mol. The Hall–Kier alpha value is -2.31. The van der Waals surface area contributed by atoms with E-state index in [0.717, 1.165) is 49.8 Å². The van der Waals surface area contributed by atoms with Gasteiger partial charge in [-0.2, -0.15) is 8.42 Å². The molecule has 2 aromatic rings. The van der Waals surface area contributed by atoms with Gasteiger partial charge < -0.3 is 0 Å². The van der Waals surface area contributed by atoms with Gasteiger partial charge >= 0.3 is 0 Å². The first-order valence-electron chi connectivity index (χ1n) is 8.67. The molecule has 0 atom stereocenters. The Labute approximate surface area is 152 Å². The fourth-order valence-corrected chi connectivity index (χ4v) is 3.76. The van der Waals surface area contributed by atoms with Gasteiger partial charge in [-0.1, -0.05) is 38.3 Å². The van der Waals surface area contributed by atoms with Crippen molar-refractivity contribution in [3.05, 3.63) is 64.2 Å².